The molecule has 118 valence electrons. The van der Waals surface area contributed by atoms with Gasteiger partial charge in [-0.05, 0) is 49.6 Å². The molecule has 3 nitrogen and oxygen atoms in total. The monoisotopic (exact) mass is 298 g/mol. The summed E-state index contributed by atoms with van der Waals surface area (Å²) in [5.41, 5.74) is 1.29. The lowest BCUT2D eigenvalue weighted by Crippen LogP contribution is -2.56. The van der Waals surface area contributed by atoms with Crippen molar-refractivity contribution in [3.8, 4) is 0 Å². The third-order valence-corrected chi connectivity index (χ3v) is 4.58. The Kier molecular flexibility index (Phi) is 4.48. The molecule has 0 amide bonds. The fourth-order valence-electron chi connectivity index (χ4n) is 3.08. The summed E-state index contributed by atoms with van der Waals surface area (Å²) in [5, 5.41) is 19.5. The van der Waals surface area contributed by atoms with Crippen LogP contribution in [0.15, 0.2) is 42.5 Å². The Hall–Kier alpha value is -1.42. The van der Waals surface area contributed by atoms with Crippen LogP contribution in [0.5, 0.6) is 0 Å². The van der Waals surface area contributed by atoms with Crippen LogP contribution in [0.1, 0.15) is 25.8 Å². The highest BCUT2D eigenvalue weighted by molar-refractivity contribution is 5.83. The molecule has 2 aromatic rings. The van der Waals surface area contributed by atoms with Crippen LogP contribution >= 0.6 is 0 Å². The van der Waals surface area contributed by atoms with Gasteiger partial charge in [0.2, 0.25) is 0 Å². The van der Waals surface area contributed by atoms with Gasteiger partial charge >= 0.3 is 0 Å². The van der Waals surface area contributed by atoms with Gasteiger partial charge in [0.25, 0.3) is 0 Å². The summed E-state index contributed by atoms with van der Waals surface area (Å²) in [6.45, 7) is 6.06. The first-order valence-electron chi connectivity index (χ1n) is 8.18. The minimum absolute atomic E-state index is 0.0345. The van der Waals surface area contributed by atoms with E-state index in [2.05, 4.69) is 66.9 Å². The van der Waals surface area contributed by atoms with Crippen LogP contribution in [0.4, 0.5) is 0 Å². The number of rotatable bonds is 6. The van der Waals surface area contributed by atoms with Crippen LogP contribution in [0.3, 0.4) is 0 Å². The predicted molar refractivity (Wildman–Crippen MR) is 92.1 cm³/mol. The van der Waals surface area contributed by atoms with E-state index in [1.165, 1.54) is 16.3 Å². The second kappa shape index (κ2) is 6.37. The van der Waals surface area contributed by atoms with Crippen molar-refractivity contribution in [2.75, 3.05) is 13.1 Å². The Balaban J connectivity index is 1.61. The van der Waals surface area contributed by atoms with Crippen molar-refractivity contribution in [2.45, 2.75) is 44.4 Å². The number of fused-ring (bicyclic) bond motifs is 1. The number of aliphatic hydroxyl groups is 1. The van der Waals surface area contributed by atoms with Crippen molar-refractivity contribution in [3.63, 3.8) is 0 Å². The van der Waals surface area contributed by atoms with Crippen molar-refractivity contribution in [3.05, 3.63) is 48.0 Å². The van der Waals surface area contributed by atoms with Gasteiger partial charge in [-0.3, -0.25) is 0 Å². The van der Waals surface area contributed by atoms with Crippen molar-refractivity contribution in [2.24, 2.45) is 0 Å². The Labute approximate surface area is 132 Å². The smallest absolute Gasteiger partial charge is 0.0817 e. The molecule has 0 aromatic heterocycles. The number of β-amino-alcohol motifs (C(OH)–C–C–N with tert-alkyl or cyclic N) is 1. The molecule has 2 unspecified atom stereocenters. The fourth-order valence-corrected chi connectivity index (χ4v) is 3.08. The van der Waals surface area contributed by atoms with E-state index in [4.69, 9.17) is 0 Å². The van der Waals surface area contributed by atoms with Gasteiger partial charge in [0, 0.05) is 18.1 Å². The zero-order chi connectivity index (χ0) is 15.6. The summed E-state index contributed by atoms with van der Waals surface area (Å²) >= 11 is 0. The maximum atomic E-state index is 10.1. The van der Waals surface area contributed by atoms with E-state index >= 15 is 0 Å². The summed E-state index contributed by atoms with van der Waals surface area (Å²) < 4.78 is 0. The molecule has 22 heavy (non-hydrogen) atoms. The number of benzene rings is 2. The lowest BCUT2D eigenvalue weighted by molar-refractivity contribution is 0.0871. The van der Waals surface area contributed by atoms with Crippen molar-refractivity contribution < 1.29 is 5.11 Å². The molecule has 1 heterocycles. The molecular weight excluding hydrogens is 272 g/mol. The molecule has 1 aliphatic rings. The zero-order valence-electron chi connectivity index (χ0n) is 13.5. The maximum Gasteiger partial charge on any atom is 0.0817 e. The number of hydrogen-bond donors (Lipinski definition) is 3. The minimum atomic E-state index is -0.301. The van der Waals surface area contributed by atoms with Crippen molar-refractivity contribution >= 4 is 10.8 Å². The van der Waals surface area contributed by atoms with Gasteiger partial charge in [-0.1, -0.05) is 42.5 Å². The van der Waals surface area contributed by atoms with Gasteiger partial charge in [0.05, 0.1) is 6.10 Å². The molecule has 0 aliphatic carbocycles. The standard InChI is InChI=1S/C19H26N2O/c1-19(2,21-13-18(22)17-9-10-20-17)12-14-7-8-15-5-3-4-6-16(15)11-14/h3-8,11,17-18,20-22H,9-10,12-13H2,1-2H3. The average Bonchev–Trinajstić information content (AvgIpc) is 2.43. The number of nitrogens with one attached hydrogen (secondary N) is 2. The molecule has 3 heteroatoms. The molecule has 2 atom stereocenters. The number of hydrogen-bond acceptors (Lipinski definition) is 3. The molecule has 0 spiro atoms. The minimum Gasteiger partial charge on any atom is -0.390 e. The van der Waals surface area contributed by atoms with Gasteiger partial charge in [-0.2, -0.15) is 0 Å². The molecule has 2 aromatic carbocycles. The zero-order valence-corrected chi connectivity index (χ0v) is 13.5. The highest BCUT2D eigenvalue weighted by atomic mass is 16.3. The first-order chi connectivity index (χ1) is 10.5. The highest BCUT2D eigenvalue weighted by Gasteiger charge is 2.27. The van der Waals surface area contributed by atoms with E-state index < -0.39 is 0 Å². The van der Waals surface area contributed by atoms with Gasteiger partial charge in [0.15, 0.2) is 0 Å². The molecule has 1 aliphatic heterocycles. The van der Waals surface area contributed by atoms with Crippen LogP contribution in [0, 0.1) is 0 Å². The topological polar surface area (TPSA) is 44.3 Å². The SMILES string of the molecule is CC(C)(Cc1ccc2ccccc2c1)NCC(O)C1CCN1. The molecule has 1 saturated heterocycles. The van der Waals surface area contributed by atoms with Gasteiger partial charge in [-0.25, -0.2) is 0 Å². The van der Waals surface area contributed by atoms with E-state index in [0.29, 0.717) is 6.54 Å². The summed E-state index contributed by atoms with van der Waals surface area (Å²) in [4.78, 5) is 0. The van der Waals surface area contributed by atoms with Crippen LogP contribution in [-0.4, -0.2) is 35.9 Å². The Morgan fingerprint density at radius 3 is 2.64 bits per heavy atom. The average molecular weight is 298 g/mol. The fraction of sp³-hybridized carbons (Fsp3) is 0.474. The molecule has 3 N–H and O–H groups in total. The predicted octanol–water partition coefficient (Wildman–Crippen LogP) is 2.47. The molecule has 3 rings (SSSR count). The second-order valence-electron chi connectivity index (χ2n) is 7.04. The Morgan fingerprint density at radius 1 is 1.23 bits per heavy atom. The van der Waals surface area contributed by atoms with E-state index in [9.17, 15) is 5.11 Å². The molecule has 0 bridgehead atoms. The summed E-state index contributed by atoms with van der Waals surface area (Å²) in [6, 6.07) is 15.4. The van der Waals surface area contributed by atoms with Crippen molar-refractivity contribution in [1.82, 2.24) is 10.6 Å². The summed E-state index contributed by atoms with van der Waals surface area (Å²) in [7, 11) is 0. The molecular formula is C19H26N2O. The molecule has 1 fully saturated rings. The molecule has 0 radical (unpaired) electrons. The third kappa shape index (κ3) is 3.67. The second-order valence-corrected chi connectivity index (χ2v) is 7.04. The van der Waals surface area contributed by atoms with E-state index in [1.807, 2.05) is 0 Å². The molecule has 0 saturated carbocycles. The van der Waals surface area contributed by atoms with Crippen LogP contribution in [0.25, 0.3) is 10.8 Å². The summed E-state index contributed by atoms with van der Waals surface area (Å²) in [5.74, 6) is 0. The van der Waals surface area contributed by atoms with E-state index in [-0.39, 0.29) is 17.7 Å². The van der Waals surface area contributed by atoms with E-state index in [1.54, 1.807) is 0 Å². The number of aliphatic hydroxyl groups excluding tert-OH is 1. The van der Waals surface area contributed by atoms with Crippen LogP contribution in [0.2, 0.25) is 0 Å². The maximum absolute atomic E-state index is 10.1. The first kappa shape index (κ1) is 15.5. The first-order valence-corrected chi connectivity index (χ1v) is 8.18. The van der Waals surface area contributed by atoms with Crippen LogP contribution < -0.4 is 10.6 Å². The lowest BCUT2D eigenvalue weighted by Gasteiger charge is -2.35. The quantitative estimate of drug-likeness (QED) is 0.767. The van der Waals surface area contributed by atoms with Gasteiger partial charge in [-0.15, -0.1) is 0 Å². The normalized spacial score (nSPS) is 19.9. The van der Waals surface area contributed by atoms with E-state index in [0.717, 1.165) is 19.4 Å². The van der Waals surface area contributed by atoms with Gasteiger partial charge < -0.3 is 15.7 Å². The Bertz CT molecular complexity index is 634. The van der Waals surface area contributed by atoms with Gasteiger partial charge in [0.1, 0.15) is 0 Å². The van der Waals surface area contributed by atoms with Crippen LogP contribution in [-0.2, 0) is 6.42 Å². The summed E-state index contributed by atoms with van der Waals surface area (Å²) in [6.07, 6.45) is 1.72. The Morgan fingerprint density at radius 2 is 1.95 bits per heavy atom. The third-order valence-electron chi connectivity index (χ3n) is 4.58. The largest absolute Gasteiger partial charge is 0.390 e. The highest BCUT2D eigenvalue weighted by Crippen LogP contribution is 2.19. The van der Waals surface area contributed by atoms with Crippen molar-refractivity contribution in [1.29, 1.82) is 0 Å². The lowest BCUT2D eigenvalue weighted by atomic mass is 9.92.